The average Bonchev–Trinajstić information content (AvgIpc) is 2.16. The van der Waals surface area contributed by atoms with Crippen LogP contribution in [0, 0.1) is 0 Å². The van der Waals surface area contributed by atoms with E-state index in [1.165, 1.54) is 24.3 Å². The van der Waals surface area contributed by atoms with Gasteiger partial charge in [-0.1, -0.05) is 30.3 Å². The Balaban J connectivity index is 3.09. The molecule has 0 saturated carbocycles. The zero-order chi connectivity index (χ0) is 11.7. The fraction of sp³-hybridized carbons (Fsp3) is 0.300. The molecule has 82 valence electrons. The van der Waals surface area contributed by atoms with Gasteiger partial charge in [-0.15, -0.1) is 0 Å². The molecule has 1 rings (SSSR count). The highest BCUT2D eigenvalue weighted by Gasteiger charge is 2.50. The van der Waals surface area contributed by atoms with Crippen molar-refractivity contribution >= 4 is 5.78 Å². The van der Waals surface area contributed by atoms with Gasteiger partial charge >= 0.3 is 6.18 Å². The van der Waals surface area contributed by atoms with E-state index in [4.69, 9.17) is 0 Å². The molecule has 0 fully saturated rings. The summed E-state index contributed by atoms with van der Waals surface area (Å²) in [7, 11) is 0. The van der Waals surface area contributed by atoms with Crippen LogP contribution in [0.2, 0.25) is 0 Å². The Hall–Kier alpha value is -1.36. The van der Waals surface area contributed by atoms with E-state index in [9.17, 15) is 23.1 Å². The van der Waals surface area contributed by atoms with E-state index in [0.717, 1.165) is 6.92 Å². The third-order valence-electron chi connectivity index (χ3n) is 2.04. The second-order valence-corrected chi connectivity index (χ2v) is 3.27. The van der Waals surface area contributed by atoms with Crippen LogP contribution in [0.5, 0.6) is 0 Å². The van der Waals surface area contributed by atoms with Gasteiger partial charge in [-0.3, -0.25) is 4.79 Å². The quantitative estimate of drug-likeness (QED) is 0.824. The van der Waals surface area contributed by atoms with E-state index in [-0.39, 0.29) is 5.56 Å². The van der Waals surface area contributed by atoms with Gasteiger partial charge < -0.3 is 5.11 Å². The molecule has 2 nitrogen and oxygen atoms in total. The van der Waals surface area contributed by atoms with Gasteiger partial charge in [-0.25, -0.2) is 0 Å². The monoisotopic (exact) mass is 218 g/mol. The number of halogens is 3. The lowest BCUT2D eigenvalue weighted by Gasteiger charge is -2.23. The van der Waals surface area contributed by atoms with Crippen molar-refractivity contribution in [1.82, 2.24) is 0 Å². The number of carbonyl (C=O) groups excluding carboxylic acids is 1. The maximum Gasteiger partial charge on any atom is 0.453 e. The summed E-state index contributed by atoms with van der Waals surface area (Å²) in [6.07, 6.45) is -5.04. The Morgan fingerprint density at radius 2 is 1.67 bits per heavy atom. The fourth-order valence-corrected chi connectivity index (χ4v) is 1.17. The molecule has 5 heteroatoms. The van der Waals surface area contributed by atoms with Crippen molar-refractivity contribution in [3.63, 3.8) is 0 Å². The van der Waals surface area contributed by atoms with Crippen molar-refractivity contribution < 1.29 is 23.1 Å². The second-order valence-electron chi connectivity index (χ2n) is 3.27. The molecule has 0 saturated heterocycles. The Labute approximate surface area is 84.3 Å². The van der Waals surface area contributed by atoms with E-state index < -0.39 is 17.6 Å². The largest absolute Gasteiger partial charge is 0.453 e. The molecule has 0 bridgehead atoms. The molecule has 1 unspecified atom stereocenters. The minimum Gasteiger partial charge on any atom is -0.377 e. The first-order chi connectivity index (χ1) is 6.76. The number of aliphatic hydroxyl groups is 1. The Bertz CT molecular complexity index is 355. The summed E-state index contributed by atoms with van der Waals surface area (Å²) in [5.74, 6) is -2.17. The lowest BCUT2D eigenvalue weighted by atomic mass is 9.91. The molecule has 0 aliphatic heterocycles. The first-order valence-corrected chi connectivity index (χ1v) is 4.16. The minimum atomic E-state index is -5.04. The van der Waals surface area contributed by atoms with Crippen molar-refractivity contribution in [3.05, 3.63) is 35.9 Å². The van der Waals surface area contributed by atoms with Crippen LogP contribution in [-0.4, -0.2) is 17.1 Å². The summed E-state index contributed by atoms with van der Waals surface area (Å²) < 4.78 is 36.4. The zero-order valence-electron chi connectivity index (χ0n) is 7.88. The van der Waals surface area contributed by atoms with Crippen molar-refractivity contribution in [3.8, 4) is 0 Å². The lowest BCUT2D eigenvalue weighted by molar-refractivity contribution is -0.189. The molecule has 0 aliphatic carbocycles. The molecule has 1 aromatic rings. The predicted octanol–water partition coefficient (Wildman–Crippen LogP) is 2.03. The molecule has 0 radical (unpaired) electrons. The number of hydrogen-bond acceptors (Lipinski definition) is 2. The van der Waals surface area contributed by atoms with Gasteiger partial charge in [0.2, 0.25) is 0 Å². The van der Waals surface area contributed by atoms with Crippen molar-refractivity contribution in [2.24, 2.45) is 0 Å². The molecule has 0 spiro atoms. The van der Waals surface area contributed by atoms with Crippen LogP contribution in [0.3, 0.4) is 0 Å². The molecule has 0 amide bonds. The van der Waals surface area contributed by atoms with Crippen molar-refractivity contribution in [2.75, 3.05) is 0 Å². The highest BCUT2D eigenvalue weighted by molar-refractivity contribution is 5.92. The summed E-state index contributed by atoms with van der Waals surface area (Å²) in [6.45, 7) is 0.832. The molecular formula is C10H9F3O2. The van der Waals surface area contributed by atoms with Crippen LogP contribution in [0.4, 0.5) is 13.2 Å². The highest BCUT2D eigenvalue weighted by atomic mass is 19.4. The number of carbonyl (C=O) groups is 1. The van der Waals surface area contributed by atoms with Gasteiger partial charge in [-0.05, 0) is 12.5 Å². The predicted molar refractivity (Wildman–Crippen MR) is 47.1 cm³/mol. The zero-order valence-corrected chi connectivity index (χ0v) is 7.88. The van der Waals surface area contributed by atoms with Crippen LogP contribution < -0.4 is 0 Å². The molecule has 0 heterocycles. The molecule has 0 aromatic heterocycles. The van der Waals surface area contributed by atoms with Crippen LogP contribution in [-0.2, 0) is 10.4 Å². The molecule has 1 atom stereocenters. The summed E-state index contributed by atoms with van der Waals surface area (Å²) in [4.78, 5) is 10.9. The number of hydrogen-bond donors (Lipinski definition) is 1. The van der Waals surface area contributed by atoms with E-state index in [1.54, 1.807) is 6.07 Å². The molecular weight excluding hydrogens is 209 g/mol. The standard InChI is InChI=1S/C10H9F3O2/c1-9(15,8(14)10(11,12)13)7-5-3-2-4-6-7/h2-6,15H,1H3. The topological polar surface area (TPSA) is 37.3 Å². The van der Waals surface area contributed by atoms with Crippen LogP contribution in [0.15, 0.2) is 30.3 Å². The smallest absolute Gasteiger partial charge is 0.377 e. The van der Waals surface area contributed by atoms with Gasteiger partial charge in [0.05, 0.1) is 0 Å². The number of ketones is 1. The number of Topliss-reactive ketones (excluding diaryl/α,β-unsaturated/α-hetero) is 1. The van der Waals surface area contributed by atoms with E-state index >= 15 is 0 Å². The Morgan fingerprint density at radius 1 is 1.20 bits per heavy atom. The molecule has 1 aromatic carbocycles. The van der Waals surface area contributed by atoms with Gasteiger partial charge in [0.1, 0.15) is 0 Å². The molecule has 1 N–H and O–H groups in total. The van der Waals surface area contributed by atoms with Gasteiger partial charge in [0.25, 0.3) is 5.78 Å². The average molecular weight is 218 g/mol. The third kappa shape index (κ3) is 2.36. The summed E-state index contributed by atoms with van der Waals surface area (Å²) >= 11 is 0. The van der Waals surface area contributed by atoms with E-state index in [2.05, 4.69) is 0 Å². The van der Waals surface area contributed by atoms with Crippen molar-refractivity contribution in [2.45, 2.75) is 18.7 Å². The first kappa shape index (κ1) is 11.7. The number of rotatable bonds is 2. The molecule has 0 aliphatic rings. The third-order valence-corrected chi connectivity index (χ3v) is 2.04. The fourth-order valence-electron chi connectivity index (χ4n) is 1.17. The van der Waals surface area contributed by atoms with Gasteiger partial charge in [0.15, 0.2) is 5.60 Å². The maximum atomic E-state index is 12.1. The summed E-state index contributed by atoms with van der Waals surface area (Å²) in [6, 6.07) is 7.02. The minimum absolute atomic E-state index is 0.0766. The maximum absolute atomic E-state index is 12.1. The van der Waals surface area contributed by atoms with Crippen LogP contribution >= 0.6 is 0 Å². The molecule has 15 heavy (non-hydrogen) atoms. The summed E-state index contributed by atoms with van der Waals surface area (Å²) in [5.41, 5.74) is -2.60. The normalized spacial score (nSPS) is 15.8. The van der Waals surface area contributed by atoms with Gasteiger partial charge in [0, 0.05) is 0 Å². The highest BCUT2D eigenvalue weighted by Crippen LogP contribution is 2.30. The SMILES string of the molecule is CC(O)(C(=O)C(F)(F)F)c1ccccc1. The van der Waals surface area contributed by atoms with Crippen LogP contribution in [0.25, 0.3) is 0 Å². The Morgan fingerprint density at radius 3 is 2.07 bits per heavy atom. The van der Waals surface area contributed by atoms with E-state index in [1.807, 2.05) is 0 Å². The van der Waals surface area contributed by atoms with Crippen LogP contribution in [0.1, 0.15) is 12.5 Å². The van der Waals surface area contributed by atoms with E-state index in [0.29, 0.717) is 0 Å². The lowest BCUT2D eigenvalue weighted by Crippen LogP contribution is -2.42. The number of alkyl halides is 3. The van der Waals surface area contributed by atoms with Crippen molar-refractivity contribution in [1.29, 1.82) is 0 Å². The first-order valence-electron chi connectivity index (χ1n) is 4.16. The Kier molecular flexibility index (Phi) is 2.86. The number of benzene rings is 1. The second kappa shape index (κ2) is 3.66. The summed E-state index contributed by atoms with van der Waals surface area (Å²) in [5, 5.41) is 9.52. The van der Waals surface area contributed by atoms with Gasteiger partial charge in [-0.2, -0.15) is 13.2 Å².